The van der Waals surface area contributed by atoms with Crippen molar-refractivity contribution >= 4 is 23.6 Å². The Kier molecular flexibility index (Phi) is 5.88. The van der Waals surface area contributed by atoms with Gasteiger partial charge in [0.25, 0.3) is 5.91 Å². The monoisotopic (exact) mass is 357 g/mol. The number of rotatable bonds is 5. The van der Waals surface area contributed by atoms with E-state index in [1.54, 1.807) is 0 Å². The van der Waals surface area contributed by atoms with Crippen LogP contribution in [-0.2, 0) is 4.79 Å². The van der Waals surface area contributed by atoms with Gasteiger partial charge >= 0.3 is 0 Å². The second-order valence-electron chi connectivity index (χ2n) is 6.05. The van der Waals surface area contributed by atoms with Gasteiger partial charge in [-0.3, -0.25) is 20.5 Å². The highest BCUT2D eigenvalue weighted by atomic mass is 32.2. The summed E-state index contributed by atoms with van der Waals surface area (Å²) in [5.74, 6) is 2.40. The maximum atomic E-state index is 12.9. The first-order chi connectivity index (χ1) is 12.1. The van der Waals surface area contributed by atoms with Gasteiger partial charge in [0.2, 0.25) is 5.95 Å². The number of amides is 1. The van der Waals surface area contributed by atoms with Crippen LogP contribution in [0.15, 0.2) is 36.4 Å². The molecule has 2 N–H and O–H groups in total. The molecular weight excluding hydrogens is 334 g/mol. The van der Waals surface area contributed by atoms with Gasteiger partial charge in [0, 0.05) is 36.0 Å². The van der Waals surface area contributed by atoms with Crippen molar-refractivity contribution in [3.05, 3.63) is 53.3 Å². The number of thioether (sulfide) groups is 1. The number of benzene rings is 1. The van der Waals surface area contributed by atoms with Gasteiger partial charge in [-0.25, -0.2) is 9.97 Å². The number of hydrogen-bond donors (Lipinski definition) is 2. The molecule has 1 aliphatic rings. The number of nitrogens with one attached hydrogen (secondary N) is 2. The van der Waals surface area contributed by atoms with E-state index in [9.17, 15) is 4.79 Å². The lowest BCUT2D eigenvalue weighted by molar-refractivity contribution is -0.126. The predicted octanol–water partition coefficient (Wildman–Crippen LogP) is 2.33. The highest BCUT2D eigenvalue weighted by molar-refractivity contribution is 7.99. The van der Waals surface area contributed by atoms with E-state index in [0.717, 1.165) is 41.5 Å². The summed E-state index contributed by atoms with van der Waals surface area (Å²) in [6.07, 6.45) is 0. The average Bonchev–Trinajstić information content (AvgIpc) is 2.61. The Morgan fingerprint density at radius 2 is 1.76 bits per heavy atom. The van der Waals surface area contributed by atoms with Gasteiger partial charge in [-0.1, -0.05) is 30.3 Å². The SMILES string of the molecule is Cc1cc(C)nc(NNC(=O)[C@@H](c2ccccc2)N2CCSCC2)n1. The maximum absolute atomic E-state index is 12.9. The minimum atomic E-state index is -0.319. The molecule has 1 saturated heterocycles. The number of nitrogens with zero attached hydrogens (tertiary/aromatic N) is 3. The lowest BCUT2D eigenvalue weighted by Crippen LogP contribution is -2.45. The highest BCUT2D eigenvalue weighted by Crippen LogP contribution is 2.24. The van der Waals surface area contributed by atoms with Crippen LogP contribution in [0.2, 0.25) is 0 Å². The number of hydrogen-bond acceptors (Lipinski definition) is 6. The van der Waals surface area contributed by atoms with E-state index in [-0.39, 0.29) is 11.9 Å². The van der Waals surface area contributed by atoms with Crippen LogP contribution in [0.5, 0.6) is 0 Å². The molecule has 6 nitrogen and oxygen atoms in total. The fraction of sp³-hybridized carbons (Fsp3) is 0.389. The zero-order chi connectivity index (χ0) is 17.6. The summed E-state index contributed by atoms with van der Waals surface area (Å²) < 4.78 is 0. The van der Waals surface area contributed by atoms with Crippen LogP contribution in [0.25, 0.3) is 0 Å². The highest BCUT2D eigenvalue weighted by Gasteiger charge is 2.28. The lowest BCUT2D eigenvalue weighted by Gasteiger charge is -2.33. The minimum absolute atomic E-state index is 0.0964. The van der Waals surface area contributed by atoms with Gasteiger partial charge in [0.15, 0.2) is 0 Å². The van der Waals surface area contributed by atoms with Crippen LogP contribution in [0.1, 0.15) is 23.0 Å². The Balaban J connectivity index is 1.74. The molecule has 0 unspecified atom stereocenters. The third-order valence-electron chi connectivity index (χ3n) is 4.05. The first-order valence-corrected chi connectivity index (χ1v) is 9.54. The Bertz CT molecular complexity index is 698. The Morgan fingerprint density at radius 1 is 1.12 bits per heavy atom. The largest absolute Gasteiger partial charge is 0.287 e. The number of hydrazine groups is 1. The second-order valence-corrected chi connectivity index (χ2v) is 7.27. The van der Waals surface area contributed by atoms with Gasteiger partial charge in [-0.15, -0.1) is 0 Å². The van der Waals surface area contributed by atoms with Crippen LogP contribution >= 0.6 is 11.8 Å². The predicted molar refractivity (Wildman–Crippen MR) is 101 cm³/mol. The maximum Gasteiger partial charge on any atom is 0.260 e. The molecule has 7 heteroatoms. The summed E-state index contributed by atoms with van der Waals surface area (Å²) in [5.41, 5.74) is 8.36. The Hall–Kier alpha value is -2.12. The number of aryl methyl sites for hydroxylation is 2. The summed E-state index contributed by atoms with van der Waals surface area (Å²) >= 11 is 1.93. The van der Waals surface area contributed by atoms with E-state index < -0.39 is 0 Å². The number of anilines is 1. The van der Waals surface area contributed by atoms with Crippen molar-refractivity contribution in [2.24, 2.45) is 0 Å². The first-order valence-electron chi connectivity index (χ1n) is 8.38. The molecule has 25 heavy (non-hydrogen) atoms. The summed E-state index contributed by atoms with van der Waals surface area (Å²) in [6.45, 7) is 5.61. The van der Waals surface area contributed by atoms with E-state index in [2.05, 4.69) is 25.7 Å². The molecule has 1 aliphatic heterocycles. The molecule has 0 bridgehead atoms. The van der Waals surface area contributed by atoms with Crippen molar-refractivity contribution in [1.29, 1.82) is 0 Å². The van der Waals surface area contributed by atoms with Crippen LogP contribution < -0.4 is 10.9 Å². The van der Waals surface area contributed by atoms with Gasteiger partial charge in [0.1, 0.15) is 6.04 Å². The molecule has 2 heterocycles. The van der Waals surface area contributed by atoms with Crippen molar-refractivity contribution < 1.29 is 4.79 Å². The number of aromatic nitrogens is 2. The molecule has 1 amide bonds. The quantitative estimate of drug-likeness (QED) is 0.801. The molecule has 132 valence electrons. The Labute approximate surface area is 152 Å². The lowest BCUT2D eigenvalue weighted by atomic mass is 10.0. The van der Waals surface area contributed by atoms with Crippen molar-refractivity contribution in [1.82, 2.24) is 20.3 Å². The van der Waals surface area contributed by atoms with Crippen molar-refractivity contribution in [2.75, 3.05) is 30.0 Å². The summed E-state index contributed by atoms with van der Waals surface area (Å²) in [4.78, 5) is 23.7. The third-order valence-corrected chi connectivity index (χ3v) is 5.00. The van der Waals surface area contributed by atoms with E-state index in [0.29, 0.717) is 5.95 Å². The third kappa shape index (κ3) is 4.70. The zero-order valence-corrected chi connectivity index (χ0v) is 15.3. The molecule has 1 aromatic heterocycles. The molecule has 0 radical (unpaired) electrons. The van der Waals surface area contributed by atoms with Crippen molar-refractivity contribution in [3.63, 3.8) is 0 Å². The van der Waals surface area contributed by atoms with Crippen LogP contribution in [0.4, 0.5) is 5.95 Å². The van der Waals surface area contributed by atoms with E-state index in [4.69, 9.17) is 0 Å². The molecule has 0 aliphatic carbocycles. The standard InChI is InChI=1S/C18H23N5OS/c1-13-12-14(2)20-18(19-13)22-21-17(24)16(15-6-4-3-5-7-15)23-8-10-25-11-9-23/h3-7,12,16H,8-11H2,1-2H3,(H,21,24)(H,19,20,22)/t16-/m1/s1. The Morgan fingerprint density at radius 3 is 2.40 bits per heavy atom. The van der Waals surface area contributed by atoms with Crippen LogP contribution in [0.3, 0.4) is 0 Å². The topological polar surface area (TPSA) is 70.2 Å². The fourth-order valence-corrected chi connectivity index (χ4v) is 3.90. The zero-order valence-electron chi connectivity index (χ0n) is 14.5. The summed E-state index contributed by atoms with van der Waals surface area (Å²) in [5, 5.41) is 0. The second kappa shape index (κ2) is 8.31. The minimum Gasteiger partial charge on any atom is -0.287 e. The molecular formula is C18H23N5OS. The summed E-state index contributed by atoms with van der Waals surface area (Å²) in [7, 11) is 0. The van der Waals surface area contributed by atoms with E-state index in [1.165, 1.54) is 0 Å². The fourth-order valence-electron chi connectivity index (χ4n) is 2.97. The van der Waals surface area contributed by atoms with Gasteiger partial charge in [-0.2, -0.15) is 11.8 Å². The number of carbonyl (C=O) groups excluding carboxylic acids is 1. The molecule has 2 aromatic rings. The summed E-state index contributed by atoms with van der Waals surface area (Å²) in [6, 6.07) is 11.5. The van der Waals surface area contributed by atoms with Crippen LogP contribution in [0, 0.1) is 13.8 Å². The van der Waals surface area contributed by atoms with Gasteiger partial charge in [0.05, 0.1) is 0 Å². The molecule has 0 spiro atoms. The van der Waals surface area contributed by atoms with Crippen molar-refractivity contribution in [2.45, 2.75) is 19.9 Å². The molecule has 1 aromatic carbocycles. The van der Waals surface area contributed by atoms with Gasteiger partial charge in [-0.05, 0) is 25.5 Å². The molecule has 3 rings (SSSR count). The first kappa shape index (κ1) is 17.7. The van der Waals surface area contributed by atoms with E-state index in [1.807, 2.05) is 62.0 Å². The average molecular weight is 357 g/mol. The smallest absolute Gasteiger partial charge is 0.260 e. The normalized spacial score (nSPS) is 16.2. The van der Waals surface area contributed by atoms with Crippen LogP contribution in [-0.4, -0.2) is 45.4 Å². The molecule has 1 fully saturated rings. The van der Waals surface area contributed by atoms with E-state index >= 15 is 0 Å². The van der Waals surface area contributed by atoms with Crippen molar-refractivity contribution in [3.8, 4) is 0 Å². The van der Waals surface area contributed by atoms with Gasteiger partial charge < -0.3 is 0 Å². The molecule has 1 atom stereocenters. The number of carbonyl (C=O) groups is 1. The molecule has 0 saturated carbocycles.